The van der Waals surface area contributed by atoms with Crippen molar-refractivity contribution in [2.45, 2.75) is 19.3 Å². The highest BCUT2D eigenvalue weighted by molar-refractivity contribution is 6.27. The minimum atomic E-state index is -0.191. The molecule has 0 radical (unpaired) electrons. The van der Waals surface area contributed by atoms with Gasteiger partial charge in [-0.1, -0.05) is 153 Å². The van der Waals surface area contributed by atoms with E-state index < -0.39 is 0 Å². The van der Waals surface area contributed by atoms with Crippen molar-refractivity contribution in [2.75, 3.05) is 4.90 Å². The molecule has 0 unspecified atom stereocenters. The van der Waals surface area contributed by atoms with Gasteiger partial charge in [0, 0.05) is 55.4 Å². The van der Waals surface area contributed by atoms with Gasteiger partial charge in [0.15, 0.2) is 0 Å². The van der Waals surface area contributed by atoms with Gasteiger partial charge in [-0.3, -0.25) is 0 Å². The van der Waals surface area contributed by atoms with E-state index in [1.165, 1.54) is 93.5 Å². The highest BCUT2D eigenvalue weighted by Gasteiger charge is 2.40. The SMILES string of the molecule is CC1(C)c2ccccc2-c2c1c1c(c3ccccc23)c2ccccc2n1-c1ccc(N(c2ccccc2)c2ccc(-c3ccc4c(c3)c3ccccc3n4-c3ccccc3)cc2)cc1. The minimum Gasteiger partial charge on any atom is -0.311 e. The summed E-state index contributed by atoms with van der Waals surface area (Å²) in [5.74, 6) is 0. The lowest BCUT2D eigenvalue weighted by Crippen LogP contribution is -2.16. The van der Waals surface area contributed by atoms with Gasteiger partial charge in [-0.25, -0.2) is 0 Å². The molecule has 0 fully saturated rings. The summed E-state index contributed by atoms with van der Waals surface area (Å²) < 4.78 is 4.90. The van der Waals surface area contributed by atoms with Crippen LogP contribution >= 0.6 is 0 Å². The van der Waals surface area contributed by atoms with Crippen LogP contribution in [-0.4, -0.2) is 9.13 Å². The zero-order valence-corrected chi connectivity index (χ0v) is 35.7. The molecular formula is C61H43N3. The van der Waals surface area contributed by atoms with Crippen molar-refractivity contribution in [1.29, 1.82) is 0 Å². The second-order valence-electron chi connectivity index (χ2n) is 17.7. The molecule has 0 saturated heterocycles. The summed E-state index contributed by atoms with van der Waals surface area (Å²) in [5.41, 5.74) is 18.2. The summed E-state index contributed by atoms with van der Waals surface area (Å²) in [7, 11) is 0. The van der Waals surface area contributed by atoms with Crippen molar-refractivity contribution in [1.82, 2.24) is 9.13 Å². The molecule has 2 aromatic heterocycles. The number of fused-ring (bicyclic) bond motifs is 13. The van der Waals surface area contributed by atoms with Crippen LogP contribution in [0.3, 0.4) is 0 Å². The lowest BCUT2D eigenvalue weighted by Gasteiger charge is -2.26. The summed E-state index contributed by atoms with van der Waals surface area (Å²) in [5, 5.41) is 7.73. The maximum atomic E-state index is 2.53. The Kier molecular flexibility index (Phi) is 7.95. The molecule has 12 aromatic rings. The van der Waals surface area contributed by atoms with Crippen LogP contribution < -0.4 is 4.90 Å². The van der Waals surface area contributed by atoms with E-state index in [9.17, 15) is 0 Å². The maximum absolute atomic E-state index is 2.53. The maximum Gasteiger partial charge on any atom is 0.0594 e. The van der Waals surface area contributed by atoms with Crippen molar-refractivity contribution < 1.29 is 0 Å². The van der Waals surface area contributed by atoms with Crippen LogP contribution in [0.4, 0.5) is 17.1 Å². The largest absolute Gasteiger partial charge is 0.311 e. The van der Waals surface area contributed by atoms with E-state index in [1.54, 1.807) is 0 Å². The van der Waals surface area contributed by atoms with Gasteiger partial charge in [0.2, 0.25) is 0 Å². The van der Waals surface area contributed by atoms with E-state index in [0.717, 1.165) is 22.7 Å². The molecule has 2 heterocycles. The quantitative estimate of drug-likeness (QED) is 0.163. The highest BCUT2D eigenvalue weighted by Crippen LogP contribution is 2.56. The fourth-order valence-electron chi connectivity index (χ4n) is 11.0. The number of aromatic nitrogens is 2. The monoisotopic (exact) mass is 817 g/mol. The summed E-state index contributed by atoms with van der Waals surface area (Å²) in [6.07, 6.45) is 0. The third kappa shape index (κ3) is 5.28. The molecule has 0 aliphatic heterocycles. The first-order chi connectivity index (χ1) is 31.5. The van der Waals surface area contributed by atoms with Gasteiger partial charge in [-0.2, -0.15) is 0 Å². The van der Waals surface area contributed by atoms with Gasteiger partial charge in [-0.05, 0) is 129 Å². The number of para-hydroxylation sites is 4. The van der Waals surface area contributed by atoms with Crippen LogP contribution in [0, 0.1) is 0 Å². The fourth-order valence-corrected chi connectivity index (χ4v) is 11.0. The first kappa shape index (κ1) is 36.5. The minimum absolute atomic E-state index is 0.191. The van der Waals surface area contributed by atoms with Crippen LogP contribution in [0.15, 0.2) is 224 Å². The Balaban J connectivity index is 0.934. The van der Waals surface area contributed by atoms with Crippen molar-refractivity contribution in [3.05, 3.63) is 236 Å². The summed E-state index contributed by atoms with van der Waals surface area (Å²) in [6, 6.07) is 82.2. The van der Waals surface area contributed by atoms with E-state index in [2.05, 4.69) is 252 Å². The third-order valence-electron chi connectivity index (χ3n) is 13.8. The normalized spacial score (nSPS) is 13.0. The topological polar surface area (TPSA) is 13.1 Å². The second-order valence-corrected chi connectivity index (χ2v) is 17.7. The number of nitrogens with zero attached hydrogens (tertiary/aromatic N) is 3. The zero-order chi connectivity index (χ0) is 42.5. The van der Waals surface area contributed by atoms with Crippen molar-refractivity contribution >= 4 is 71.4 Å². The van der Waals surface area contributed by atoms with Crippen molar-refractivity contribution in [3.8, 4) is 33.6 Å². The third-order valence-corrected chi connectivity index (χ3v) is 13.8. The van der Waals surface area contributed by atoms with E-state index in [4.69, 9.17) is 0 Å². The predicted molar refractivity (Wildman–Crippen MR) is 270 cm³/mol. The molecule has 0 N–H and O–H groups in total. The van der Waals surface area contributed by atoms with Gasteiger partial charge in [0.25, 0.3) is 0 Å². The Hall–Kier alpha value is -8.14. The molecule has 64 heavy (non-hydrogen) atoms. The standard InChI is InChI=1S/C61H43N3/c1-61(2)53-26-14-11-24-50(53)57-48-22-9-10-23-49(48)58-51-25-13-16-28-55(51)64(60(58)59(57)61)46-36-34-45(35-37-46)62(42-17-5-3-6-18-42)44-32-29-40(30-33-44)41-31-38-56-52(39-41)47-21-12-15-27-54(47)63(56)43-19-7-4-8-20-43/h3-39H,1-2H3. The Morgan fingerprint density at radius 3 is 1.62 bits per heavy atom. The van der Waals surface area contributed by atoms with Gasteiger partial charge < -0.3 is 14.0 Å². The highest BCUT2D eigenvalue weighted by atomic mass is 15.1. The number of rotatable bonds is 6. The molecule has 302 valence electrons. The second kappa shape index (κ2) is 13.9. The summed E-state index contributed by atoms with van der Waals surface area (Å²) in [4.78, 5) is 2.36. The number of hydrogen-bond donors (Lipinski definition) is 0. The first-order valence-electron chi connectivity index (χ1n) is 22.3. The van der Waals surface area contributed by atoms with E-state index in [-0.39, 0.29) is 5.41 Å². The van der Waals surface area contributed by atoms with Crippen LogP contribution in [0.5, 0.6) is 0 Å². The van der Waals surface area contributed by atoms with E-state index in [0.29, 0.717) is 0 Å². The Morgan fingerprint density at radius 1 is 0.375 bits per heavy atom. The lowest BCUT2D eigenvalue weighted by atomic mass is 9.80. The smallest absolute Gasteiger partial charge is 0.0594 e. The van der Waals surface area contributed by atoms with Gasteiger partial charge in [-0.15, -0.1) is 0 Å². The van der Waals surface area contributed by atoms with Gasteiger partial charge >= 0.3 is 0 Å². The summed E-state index contributed by atoms with van der Waals surface area (Å²) in [6.45, 7) is 4.81. The number of anilines is 3. The van der Waals surface area contributed by atoms with Crippen molar-refractivity contribution in [2.24, 2.45) is 0 Å². The molecule has 3 nitrogen and oxygen atoms in total. The van der Waals surface area contributed by atoms with Crippen LogP contribution in [0.1, 0.15) is 25.0 Å². The molecule has 0 spiro atoms. The number of benzene rings is 10. The molecule has 0 amide bonds. The van der Waals surface area contributed by atoms with Crippen LogP contribution in [0.2, 0.25) is 0 Å². The first-order valence-corrected chi connectivity index (χ1v) is 22.3. The molecule has 10 aromatic carbocycles. The van der Waals surface area contributed by atoms with Crippen LogP contribution in [0.25, 0.3) is 88.0 Å². The van der Waals surface area contributed by atoms with Crippen LogP contribution in [-0.2, 0) is 5.41 Å². The average molecular weight is 818 g/mol. The van der Waals surface area contributed by atoms with E-state index in [1.807, 2.05) is 0 Å². The Bertz CT molecular complexity index is 3780. The molecule has 1 aliphatic rings. The fraction of sp³-hybridized carbons (Fsp3) is 0.0492. The zero-order valence-electron chi connectivity index (χ0n) is 35.7. The van der Waals surface area contributed by atoms with Gasteiger partial charge in [0.1, 0.15) is 0 Å². The lowest BCUT2D eigenvalue weighted by molar-refractivity contribution is 0.664. The molecule has 0 bridgehead atoms. The average Bonchev–Trinajstić information content (AvgIpc) is 3.96. The van der Waals surface area contributed by atoms with Crippen molar-refractivity contribution in [3.63, 3.8) is 0 Å². The molecule has 0 atom stereocenters. The van der Waals surface area contributed by atoms with E-state index >= 15 is 0 Å². The number of hydrogen-bond acceptors (Lipinski definition) is 1. The molecule has 1 aliphatic carbocycles. The predicted octanol–water partition coefficient (Wildman–Crippen LogP) is 16.5. The molecule has 13 rings (SSSR count). The Morgan fingerprint density at radius 2 is 0.891 bits per heavy atom. The molecule has 3 heteroatoms. The summed E-state index contributed by atoms with van der Waals surface area (Å²) >= 11 is 0. The van der Waals surface area contributed by atoms with Gasteiger partial charge in [0.05, 0.1) is 22.1 Å². The molecule has 0 saturated carbocycles. The molecular weight excluding hydrogens is 775 g/mol. The Labute approximate surface area is 372 Å².